The largest absolute Gasteiger partial charge is 0.497 e. The number of oxime groups is 1. The molecule has 6 nitrogen and oxygen atoms in total. The molecule has 1 aromatic heterocycles. The lowest BCUT2D eigenvalue weighted by molar-refractivity contribution is 0.318. The van der Waals surface area contributed by atoms with Gasteiger partial charge in [0, 0.05) is 18.4 Å². The number of anilines is 1. The predicted molar refractivity (Wildman–Crippen MR) is 105 cm³/mol. The number of benzene rings is 2. The Morgan fingerprint density at radius 2 is 1.63 bits per heavy atom. The Hall–Kier alpha value is -3.54. The maximum Gasteiger partial charge on any atom is 0.230 e. The SMILES string of the molecule is COc1ccc(Oc2nc(C)ccc2/C(=N/O)N(C)c2ccccc2)cc1. The lowest BCUT2D eigenvalue weighted by Crippen LogP contribution is -2.28. The van der Waals surface area contributed by atoms with Crippen LogP contribution >= 0.6 is 0 Å². The van der Waals surface area contributed by atoms with Crippen LogP contribution in [0.15, 0.2) is 71.9 Å². The van der Waals surface area contributed by atoms with E-state index in [-0.39, 0.29) is 0 Å². The second kappa shape index (κ2) is 8.23. The number of ether oxygens (including phenoxy) is 2. The molecular formula is C21H21N3O3. The summed E-state index contributed by atoms with van der Waals surface area (Å²) in [5.41, 5.74) is 2.24. The van der Waals surface area contributed by atoms with E-state index in [0.717, 1.165) is 17.1 Å². The molecule has 0 amide bonds. The Balaban J connectivity index is 1.96. The van der Waals surface area contributed by atoms with Crippen LogP contribution in [0.25, 0.3) is 0 Å². The van der Waals surface area contributed by atoms with Crippen molar-refractivity contribution in [1.29, 1.82) is 0 Å². The summed E-state index contributed by atoms with van der Waals surface area (Å²) in [6.45, 7) is 1.88. The highest BCUT2D eigenvalue weighted by molar-refractivity contribution is 6.10. The van der Waals surface area contributed by atoms with Crippen molar-refractivity contribution in [2.24, 2.45) is 5.16 Å². The minimum atomic E-state index is 0.331. The molecule has 27 heavy (non-hydrogen) atoms. The van der Waals surface area contributed by atoms with Gasteiger partial charge in [0.1, 0.15) is 11.5 Å². The average molecular weight is 363 g/mol. The van der Waals surface area contributed by atoms with Crippen molar-refractivity contribution in [1.82, 2.24) is 4.98 Å². The number of hydrogen-bond donors (Lipinski definition) is 1. The number of methoxy groups -OCH3 is 1. The maximum atomic E-state index is 9.69. The van der Waals surface area contributed by atoms with E-state index in [2.05, 4.69) is 10.1 Å². The molecule has 138 valence electrons. The number of aryl methyl sites for hydroxylation is 1. The zero-order chi connectivity index (χ0) is 19.2. The summed E-state index contributed by atoms with van der Waals surface area (Å²) in [4.78, 5) is 6.25. The molecule has 6 heteroatoms. The minimum Gasteiger partial charge on any atom is -0.497 e. The third kappa shape index (κ3) is 4.17. The Morgan fingerprint density at radius 3 is 2.26 bits per heavy atom. The van der Waals surface area contributed by atoms with E-state index in [1.54, 1.807) is 24.1 Å². The van der Waals surface area contributed by atoms with Gasteiger partial charge in [-0.1, -0.05) is 23.4 Å². The average Bonchev–Trinajstić information content (AvgIpc) is 2.71. The third-order valence-electron chi connectivity index (χ3n) is 4.07. The maximum absolute atomic E-state index is 9.69. The van der Waals surface area contributed by atoms with Crippen LogP contribution in [-0.4, -0.2) is 30.2 Å². The lowest BCUT2D eigenvalue weighted by atomic mass is 10.2. The van der Waals surface area contributed by atoms with Crippen molar-refractivity contribution in [3.05, 3.63) is 78.0 Å². The second-order valence-electron chi connectivity index (χ2n) is 5.90. The van der Waals surface area contributed by atoms with Gasteiger partial charge in [-0.15, -0.1) is 0 Å². The molecular weight excluding hydrogens is 342 g/mol. The fourth-order valence-electron chi connectivity index (χ4n) is 2.61. The molecule has 0 radical (unpaired) electrons. The molecule has 0 atom stereocenters. The molecule has 3 aromatic rings. The summed E-state index contributed by atoms with van der Waals surface area (Å²) >= 11 is 0. The van der Waals surface area contributed by atoms with Crippen molar-refractivity contribution in [3.8, 4) is 17.4 Å². The molecule has 0 saturated carbocycles. The Kier molecular flexibility index (Phi) is 5.56. The Bertz CT molecular complexity index is 925. The van der Waals surface area contributed by atoms with Crippen LogP contribution in [0, 0.1) is 6.92 Å². The van der Waals surface area contributed by atoms with E-state index >= 15 is 0 Å². The van der Waals surface area contributed by atoms with Gasteiger partial charge in [0.25, 0.3) is 0 Å². The van der Waals surface area contributed by atoms with Gasteiger partial charge in [0.2, 0.25) is 5.88 Å². The molecule has 0 bridgehead atoms. The van der Waals surface area contributed by atoms with E-state index in [4.69, 9.17) is 9.47 Å². The van der Waals surface area contributed by atoms with Gasteiger partial charge in [0.05, 0.1) is 12.7 Å². The van der Waals surface area contributed by atoms with Crippen LogP contribution < -0.4 is 14.4 Å². The fraction of sp³-hybridized carbons (Fsp3) is 0.143. The Morgan fingerprint density at radius 1 is 0.963 bits per heavy atom. The minimum absolute atomic E-state index is 0.331. The molecule has 1 heterocycles. The molecule has 1 N–H and O–H groups in total. The number of rotatable bonds is 5. The highest BCUT2D eigenvalue weighted by Crippen LogP contribution is 2.27. The topological polar surface area (TPSA) is 67.2 Å². The Labute approximate surface area is 158 Å². The second-order valence-corrected chi connectivity index (χ2v) is 5.90. The van der Waals surface area contributed by atoms with Crippen LogP contribution in [-0.2, 0) is 0 Å². The van der Waals surface area contributed by atoms with Crippen molar-refractivity contribution >= 4 is 11.5 Å². The van der Waals surface area contributed by atoms with E-state index in [1.807, 2.05) is 68.6 Å². The van der Waals surface area contributed by atoms with Gasteiger partial charge < -0.3 is 19.6 Å². The first-order valence-electron chi connectivity index (χ1n) is 8.43. The number of amidine groups is 1. The molecule has 3 rings (SSSR count). The van der Waals surface area contributed by atoms with E-state index in [0.29, 0.717) is 23.0 Å². The van der Waals surface area contributed by atoms with Gasteiger partial charge >= 0.3 is 0 Å². The lowest BCUT2D eigenvalue weighted by Gasteiger charge is -2.21. The summed E-state index contributed by atoms with van der Waals surface area (Å²) in [5, 5.41) is 13.2. The normalized spacial score (nSPS) is 11.1. The quantitative estimate of drug-likeness (QED) is 0.314. The predicted octanol–water partition coefficient (Wildman–Crippen LogP) is 4.46. The molecule has 0 aliphatic carbocycles. The van der Waals surface area contributed by atoms with Gasteiger partial charge in [-0.05, 0) is 55.5 Å². The summed E-state index contributed by atoms with van der Waals surface area (Å²) in [7, 11) is 3.43. The smallest absolute Gasteiger partial charge is 0.230 e. The zero-order valence-corrected chi connectivity index (χ0v) is 15.5. The molecule has 0 saturated heterocycles. The molecule has 0 aliphatic rings. The van der Waals surface area contributed by atoms with Gasteiger partial charge in [-0.2, -0.15) is 0 Å². The van der Waals surface area contributed by atoms with Crippen LogP contribution in [0.3, 0.4) is 0 Å². The zero-order valence-electron chi connectivity index (χ0n) is 15.5. The molecule has 0 spiro atoms. The molecule has 2 aromatic carbocycles. The number of nitrogens with zero attached hydrogens (tertiary/aromatic N) is 3. The van der Waals surface area contributed by atoms with Crippen molar-refractivity contribution in [2.45, 2.75) is 6.92 Å². The number of hydrogen-bond acceptors (Lipinski definition) is 5. The standard InChI is InChI=1S/C21H21N3O3/c1-15-9-14-19(20(23-25)24(2)16-7-5-4-6-8-16)21(22-15)27-18-12-10-17(26-3)11-13-18/h4-14,25H,1-3H3/b23-20-. The van der Waals surface area contributed by atoms with Gasteiger partial charge in [-0.25, -0.2) is 4.98 Å². The first-order chi connectivity index (χ1) is 13.1. The van der Waals surface area contributed by atoms with Gasteiger partial charge in [0.15, 0.2) is 5.84 Å². The first kappa shape index (κ1) is 18.3. The molecule has 0 fully saturated rings. The monoisotopic (exact) mass is 363 g/mol. The molecule has 0 aliphatic heterocycles. The number of para-hydroxylation sites is 1. The highest BCUT2D eigenvalue weighted by atomic mass is 16.5. The first-order valence-corrected chi connectivity index (χ1v) is 8.43. The third-order valence-corrected chi connectivity index (χ3v) is 4.07. The fourth-order valence-corrected chi connectivity index (χ4v) is 2.61. The van der Waals surface area contributed by atoms with Crippen LogP contribution in [0.5, 0.6) is 17.4 Å². The molecule has 0 unspecified atom stereocenters. The number of pyridine rings is 1. The number of aromatic nitrogens is 1. The summed E-state index contributed by atoms with van der Waals surface area (Å²) in [5.74, 6) is 2.03. The highest BCUT2D eigenvalue weighted by Gasteiger charge is 2.19. The summed E-state index contributed by atoms with van der Waals surface area (Å²) < 4.78 is 11.1. The van der Waals surface area contributed by atoms with Gasteiger partial charge in [-0.3, -0.25) is 0 Å². The van der Waals surface area contributed by atoms with Crippen molar-refractivity contribution < 1.29 is 14.7 Å². The van der Waals surface area contributed by atoms with E-state index < -0.39 is 0 Å². The summed E-state index contributed by atoms with van der Waals surface area (Å²) in [6, 6.07) is 20.5. The van der Waals surface area contributed by atoms with Crippen molar-refractivity contribution in [2.75, 3.05) is 19.1 Å². The van der Waals surface area contributed by atoms with Crippen LogP contribution in [0.4, 0.5) is 5.69 Å². The van der Waals surface area contributed by atoms with E-state index in [1.165, 1.54) is 0 Å². The van der Waals surface area contributed by atoms with E-state index in [9.17, 15) is 5.21 Å². The van der Waals surface area contributed by atoms with Crippen molar-refractivity contribution in [3.63, 3.8) is 0 Å². The van der Waals surface area contributed by atoms with Crippen LogP contribution in [0.1, 0.15) is 11.3 Å². The van der Waals surface area contributed by atoms with Crippen LogP contribution in [0.2, 0.25) is 0 Å². The summed E-state index contributed by atoms with van der Waals surface area (Å²) in [6.07, 6.45) is 0.